The van der Waals surface area contributed by atoms with Crippen molar-refractivity contribution in [3.05, 3.63) is 46.5 Å². The van der Waals surface area contributed by atoms with Crippen molar-refractivity contribution in [3.8, 4) is 0 Å². The summed E-state index contributed by atoms with van der Waals surface area (Å²) >= 11 is 12.2. The molecule has 1 aromatic rings. The topological polar surface area (TPSA) is 41.9 Å². The van der Waals surface area contributed by atoms with Crippen LogP contribution >= 0.6 is 23.2 Å². The van der Waals surface area contributed by atoms with Gasteiger partial charge in [0.25, 0.3) is 0 Å². The summed E-state index contributed by atoms with van der Waals surface area (Å²) in [4.78, 5) is 18.3. The Hall–Kier alpha value is -1.52. The van der Waals surface area contributed by atoms with Crippen LogP contribution in [0.15, 0.2) is 35.8 Å². The number of aliphatic imine (C=N–C) groups is 1. The highest BCUT2D eigenvalue weighted by molar-refractivity contribution is 6.42. The summed E-state index contributed by atoms with van der Waals surface area (Å²) in [7, 11) is 3.32. The van der Waals surface area contributed by atoms with Gasteiger partial charge in [-0.1, -0.05) is 35.3 Å². The number of rotatable bonds is 5. The van der Waals surface area contributed by atoms with E-state index in [1.54, 1.807) is 38.5 Å². The number of ether oxygens (including phenoxy) is 1. The number of hydrogen-bond acceptors (Lipinski definition) is 3. The maximum atomic E-state index is 12.6. The van der Waals surface area contributed by atoms with E-state index in [0.717, 1.165) is 5.56 Å². The average molecular weight is 371 g/mol. The molecule has 0 unspecified atom stereocenters. The van der Waals surface area contributed by atoms with Crippen molar-refractivity contribution >= 4 is 35.5 Å². The lowest BCUT2D eigenvalue weighted by Crippen LogP contribution is -2.50. The molecular weight excluding hydrogens is 347 g/mol. The number of hydrogen-bond donors (Lipinski definition) is 0. The van der Waals surface area contributed by atoms with Gasteiger partial charge in [0, 0.05) is 20.3 Å². The van der Waals surface area contributed by atoms with E-state index in [-0.39, 0.29) is 0 Å². The van der Waals surface area contributed by atoms with E-state index in [9.17, 15) is 4.79 Å². The molecule has 0 saturated heterocycles. The van der Waals surface area contributed by atoms with Crippen molar-refractivity contribution in [2.75, 3.05) is 14.1 Å². The Morgan fingerprint density at radius 2 is 1.96 bits per heavy atom. The van der Waals surface area contributed by atoms with Crippen molar-refractivity contribution in [2.45, 2.75) is 38.3 Å². The predicted octanol–water partition coefficient (Wildman–Crippen LogP) is 5.33. The van der Waals surface area contributed by atoms with Crippen LogP contribution < -0.4 is 0 Å². The third-order valence-corrected chi connectivity index (χ3v) is 4.22. The van der Waals surface area contributed by atoms with Crippen LogP contribution in [0.25, 0.3) is 0 Å². The molecule has 0 fully saturated rings. The quantitative estimate of drug-likeness (QED) is 0.518. The lowest BCUT2D eigenvalue weighted by Gasteiger charge is -2.39. The lowest BCUT2D eigenvalue weighted by atomic mass is 9.86. The molecule has 4 nitrogen and oxygen atoms in total. The predicted molar refractivity (Wildman–Crippen MR) is 101 cm³/mol. The molecule has 0 spiro atoms. The van der Waals surface area contributed by atoms with E-state index in [1.807, 2.05) is 26.8 Å². The molecule has 0 saturated carbocycles. The normalized spacial score (nSPS) is 14.3. The minimum atomic E-state index is -0.868. The highest BCUT2D eigenvalue weighted by Crippen LogP contribution is 2.35. The van der Waals surface area contributed by atoms with Gasteiger partial charge < -0.3 is 4.74 Å². The fourth-order valence-electron chi connectivity index (χ4n) is 2.35. The van der Waals surface area contributed by atoms with Crippen LogP contribution in [0.4, 0.5) is 4.79 Å². The van der Waals surface area contributed by atoms with Gasteiger partial charge in [-0.05, 0) is 44.9 Å². The molecule has 0 N–H and O–H groups in total. The number of halogens is 2. The average Bonchev–Trinajstić information content (AvgIpc) is 2.47. The Kier molecular flexibility index (Phi) is 6.87. The molecule has 1 atom stereocenters. The second-order valence-electron chi connectivity index (χ2n) is 6.47. The number of carbonyl (C=O) groups excluding carboxylic acids is 1. The summed E-state index contributed by atoms with van der Waals surface area (Å²) in [6, 6.07) is 5.25. The molecule has 0 heterocycles. The van der Waals surface area contributed by atoms with Gasteiger partial charge in [0.05, 0.1) is 10.0 Å². The SMILES string of the molecule is C=CC[C@@](/C=N/C)(c1ccc(Cl)c(Cl)c1)N(C)C(=O)OC(C)(C)C. The molecule has 24 heavy (non-hydrogen) atoms. The Morgan fingerprint density at radius 3 is 2.42 bits per heavy atom. The molecular formula is C18H24Cl2N2O2. The Labute approximate surface area is 154 Å². The standard InChI is InChI=1S/C18H24Cl2N2O2/c1-7-10-18(12-21-5,13-8-9-14(19)15(20)11-13)22(6)16(23)24-17(2,3)4/h7-9,11-12H,1,10H2,2-6H3/b21-12+/t18-/m1/s1. The second kappa shape index (κ2) is 8.04. The second-order valence-corrected chi connectivity index (χ2v) is 7.29. The first-order valence-electron chi connectivity index (χ1n) is 7.54. The molecule has 0 radical (unpaired) electrons. The maximum absolute atomic E-state index is 12.6. The van der Waals surface area contributed by atoms with Crippen molar-refractivity contribution in [3.63, 3.8) is 0 Å². The monoisotopic (exact) mass is 370 g/mol. The Balaban J connectivity index is 3.44. The first kappa shape index (κ1) is 20.5. The number of carbonyl (C=O) groups is 1. The molecule has 1 aromatic carbocycles. The van der Waals surface area contributed by atoms with Gasteiger partial charge in [-0.25, -0.2) is 4.79 Å². The molecule has 6 heteroatoms. The van der Waals surface area contributed by atoms with Gasteiger partial charge in [0.1, 0.15) is 11.1 Å². The summed E-state index contributed by atoms with van der Waals surface area (Å²) < 4.78 is 5.51. The van der Waals surface area contributed by atoms with Gasteiger partial charge in [-0.3, -0.25) is 9.89 Å². The number of nitrogens with zero attached hydrogens (tertiary/aromatic N) is 2. The van der Waals surface area contributed by atoms with Crippen molar-refractivity contribution in [1.29, 1.82) is 0 Å². The fraction of sp³-hybridized carbons (Fsp3) is 0.444. The summed E-state index contributed by atoms with van der Waals surface area (Å²) in [5.41, 5.74) is -0.699. The number of amides is 1. The molecule has 1 rings (SSSR count). The van der Waals surface area contributed by atoms with Gasteiger partial charge in [0.15, 0.2) is 0 Å². The molecule has 0 bridgehead atoms. The first-order valence-corrected chi connectivity index (χ1v) is 8.29. The van der Waals surface area contributed by atoms with E-state index < -0.39 is 17.2 Å². The van der Waals surface area contributed by atoms with E-state index in [0.29, 0.717) is 16.5 Å². The van der Waals surface area contributed by atoms with Crippen LogP contribution in [0.5, 0.6) is 0 Å². The van der Waals surface area contributed by atoms with Crippen LogP contribution in [0.3, 0.4) is 0 Å². The third-order valence-electron chi connectivity index (χ3n) is 3.48. The van der Waals surface area contributed by atoms with Crippen LogP contribution in [0.2, 0.25) is 10.0 Å². The summed E-state index contributed by atoms with van der Waals surface area (Å²) in [5.74, 6) is 0. The van der Waals surface area contributed by atoms with Crippen LogP contribution in [-0.4, -0.2) is 36.9 Å². The largest absolute Gasteiger partial charge is 0.444 e. The van der Waals surface area contributed by atoms with Gasteiger partial charge in [0.2, 0.25) is 0 Å². The van der Waals surface area contributed by atoms with E-state index in [4.69, 9.17) is 27.9 Å². The fourth-order valence-corrected chi connectivity index (χ4v) is 2.65. The summed E-state index contributed by atoms with van der Waals surface area (Å²) in [6.07, 6.45) is 3.40. The van der Waals surface area contributed by atoms with Gasteiger partial charge >= 0.3 is 6.09 Å². The van der Waals surface area contributed by atoms with Crippen molar-refractivity contribution in [1.82, 2.24) is 4.90 Å². The highest BCUT2D eigenvalue weighted by atomic mass is 35.5. The molecule has 132 valence electrons. The van der Waals surface area contributed by atoms with E-state index >= 15 is 0 Å². The molecule has 1 amide bonds. The molecule has 0 aliphatic carbocycles. The Morgan fingerprint density at radius 1 is 1.33 bits per heavy atom. The zero-order chi connectivity index (χ0) is 18.5. The molecule has 0 aliphatic heterocycles. The zero-order valence-electron chi connectivity index (χ0n) is 14.8. The summed E-state index contributed by atoms with van der Waals surface area (Å²) in [5, 5.41) is 0.853. The van der Waals surface area contributed by atoms with Crippen LogP contribution in [0, 0.1) is 0 Å². The molecule has 0 aliphatic rings. The zero-order valence-corrected chi connectivity index (χ0v) is 16.3. The number of benzene rings is 1. The van der Waals surface area contributed by atoms with Gasteiger partial charge in [-0.15, -0.1) is 6.58 Å². The Bertz CT molecular complexity index is 638. The van der Waals surface area contributed by atoms with Crippen molar-refractivity contribution < 1.29 is 9.53 Å². The van der Waals surface area contributed by atoms with Crippen LogP contribution in [-0.2, 0) is 10.3 Å². The first-order chi connectivity index (χ1) is 11.1. The van der Waals surface area contributed by atoms with Crippen LogP contribution in [0.1, 0.15) is 32.8 Å². The minimum Gasteiger partial charge on any atom is -0.444 e. The smallest absolute Gasteiger partial charge is 0.411 e. The molecule has 0 aromatic heterocycles. The minimum absolute atomic E-state index is 0.407. The third kappa shape index (κ3) is 4.74. The van der Waals surface area contributed by atoms with E-state index in [1.165, 1.54) is 4.90 Å². The van der Waals surface area contributed by atoms with Gasteiger partial charge in [-0.2, -0.15) is 0 Å². The maximum Gasteiger partial charge on any atom is 0.411 e. The van der Waals surface area contributed by atoms with E-state index in [2.05, 4.69) is 11.6 Å². The summed E-state index contributed by atoms with van der Waals surface area (Å²) in [6.45, 7) is 9.27. The van der Waals surface area contributed by atoms with Crippen molar-refractivity contribution in [2.24, 2.45) is 4.99 Å². The lowest BCUT2D eigenvalue weighted by molar-refractivity contribution is 0.0159. The highest BCUT2D eigenvalue weighted by Gasteiger charge is 2.39.